The molecular weight excluding hydrogens is 486 g/mol. The molecule has 0 atom stereocenters. The summed E-state index contributed by atoms with van der Waals surface area (Å²) in [5.41, 5.74) is 7.19. The first-order valence-electron chi connectivity index (χ1n) is 14.4. The summed E-state index contributed by atoms with van der Waals surface area (Å²) in [7, 11) is 1.92. The number of carbonyl (C=O) groups is 1. The number of ether oxygens (including phenoxy) is 1. The van der Waals surface area contributed by atoms with Gasteiger partial charge in [-0.3, -0.25) is 10.1 Å². The number of hydrogen-bond acceptors (Lipinski definition) is 6. The molecule has 204 valence electrons. The summed E-state index contributed by atoms with van der Waals surface area (Å²) in [6.07, 6.45) is 6.48. The topological polar surface area (TPSA) is 68.9 Å². The van der Waals surface area contributed by atoms with E-state index in [1.54, 1.807) is 0 Å². The third-order valence-corrected chi connectivity index (χ3v) is 8.08. The van der Waals surface area contributed by atoms with Crippen LogP contribution in [0.25, 0.3) is 0 Å². The van der Waals surface area contributed by atoms with E-state index in [0.717, 1.165) is 65.1 Å². The Balaban J connectivity index is 1.10. The summed E-state index contributed by atoms with van der Waals surface area (Å²) >= 11 is 0. The maximum atomic E-state index is 13.4. The number of rotatable bonds is 11. The van der Waals surface area contributed by atoms with E-state index in [1.165, 1.54) is 37.8 Å². The molecule has 0 aromatic heterocycles. The van der Waals surface area contributed by atoms with E-state index < -0.39 is 0 Å². The molecule has 0 bridgehead atoms. The van der Waals surface area contributed by atoms with E-state index in [2.05, 4.69) is 51.2 Å². The highest BCUT2D eigenvalue weighted by atomic mass is 16.5. The maximum absolute atomic E-state index is 13.4. The second-order valence-electron chi connectivity index (χ2n) is 10.9. The zero-order valence-corrected chi connectivity index (χ0v) is 22.8. The van der Waals surface area contributed by atoms with Crippen molar-refractivity contribution >= 4 is 28.7 Å². The van der Waals surface area contributed by atoms with Gasteiger partial charge in [0.2, 0.25) is 0 Å². The van der Waals surface area contributed by atoms with Crippen LogP contribution in [0, 0.1) is 5.92 Å². The number of benzene rings is 3. The molecule has 1 saturated heterocycles. The number of amides is 1. The Morgan fingerprint density at radius 3 is 2.46 bits per heavy atom. The van der Waals surface area contributed by atoms with Crippen molar-refractivity contribution in [1.82, 2.24) is 5.32 Å². The van der Waals surface area contributed by atoms with Gasteiger partial charge < -0.3 is 25.2 Å². The van der Waals surface area contributed by atoms with Gasteiger partial charge in [-0.25, -0.2) is 0 Å². The number of hydrogen-bond donors (Lipinski definition) is 3. The highest BCUT2D eigenvalue weighted by Gasteiger charge is 2.29. The summed E-state index contributed by atoms with van der Waals surface area (Å²) in [5.74, 6) is 1.79. The van der Waals surface area contributed by atoms with Crippen molar-refractivity contribution in [2.75, 3.05) is 53.8 Å². The summed E-state index contributed by atoms with van der Waals surface area (Å²) in [4.78, 5) is 17.7. The average Bonchev–Trinajstić information content (AvgIpc) is 3.76. The summed E-state index contributed by atoms with van der Waals surface area (Å²) < 4.78 is 5.81. The first-order valence-corrected chi connectivity index (χ1v) is 14.4. The lowest BCUT2D eigenvalue weighted by molar-refractivity contribution is 0.0996. The van der Waals surface area contributed by atoms with E-state index in [0.29, 0.717) is 19.8 Å². The molecule has 3 aromatic carbocycles. The third-order valence-electron chi connectivity index (χ3n) is 8.08. The van der Waals surface area contributed by atoms with Gasteiger partial charge in [0.1, 0.15) is 12.5 Å². The number of carbonyl (C=O) groups excluding carboxylic acids is 1. The third kappa shape index (κ3) is 5.98. The summed E-state index contributed by atoms with van der Waals surface area (Å²) in [6.45, 7) is 5.07. The van der Waals surface area contributed by atoms with E-state index >= 15 is 0 Å². The number of anilines is 4. The van der Waals surface area contributed by atoms with Crippen LogP contribution in [0.15, 0.2) is 60.7 Å². The van der Waals surface area contributed by atoms with E-state index in [1.807, 2.05) is 42.3 Å². The lowest BCUT2D eigenvalue weighted by Crippen LogP contribution is -2.29. The monoisotopic (exact) mass is 525 g/mol. The molecule has 0 unspecified atom stereocenters. The zero-order valence-electron chi connectivity index (χ0n) is 22.8. The fourth-order valence-electron chi connectivity index (χ4n) is 5.55. The zero-order chi connectivity index (χ0) is 26.6. The van der Waals surface area contributed by atoms with Crippen molar-refractivity contribution in [3.63, 3.8) is 0 Å². The molecular formula is C32H39N5O2. The van der Waals surface area contributed by atoms with Crippen LogP contribution >= 0.6 is 0 Å². The smallest absolute Gasteiger partial charge is 0.258 e. The molecule has 3 N–H and O–H groups in total. The van der Waals surface area contributed by atoms with Gasteiger partial charge in [0.15, 0.2) is 0 Å². The van der Waals surface area contributed by atoms with Gasteiger partial charge in [0.05, 0.1) is 17.9 Å². The van der Waals surface area contributed by atoms with Crippen LogP contribution in [-0.2, 0) is 13.1 Å². The molecule has 2 aliphatic heterocycles. The molecule has 0 radical (unpaired) electrons. The van der Waals surface area contributed by atoms with Gasteiger partial charge >= 0.3 is 0 Å². The number of piperidine rings is 1. The SMILES string of the molecule is CNc1ccc(N2Cc3cc(N4CCCCC4)ccc3C2=O)cc1NCc1ccc(OCNCC2CC2)cc1. The van der Waals surface area contributed by atoms with E-state index in [-0.39, 0.29) is 5.91 Å². The maximum Gasteiger partial charge on any atom is 0.258 e. The lowest BCUT2D eigenvalue weighted by atomic mass is 10.1. The van der Waals surface area contributed by atoms with E-state index in [9.17, 15) is 4.79 Å². The predicted octanol–water partition coefficient (Wildman–Crippen LogP) is 5.83. The van der Waals surface area contributed by atoms with Crippen molar-refractivity contribution in [3.05, 3.63) is 77.4 Å². The van der Waals surface area contributed by atoms with Crippen LogP contribution in [0.5, 0.6) is 5.75 Å². The molecule has 3 aliphatic rings. The molecule has 1 amide bonds. The highest BCUT2D eigenvalue weighted by molar-refractivity contribution is 6.10. The molecule has 2 fully saturated rings. The number of fused-ring (bicyclic) bond motifs is 1. The molecule has 1 aliphatic carbocycles. The minimum absolute atomic E-state index is 0.0700. The van der Waals surface area contributed by atoms with Crippen LogP contribution in [0.1, 0.15) is 53.6 Å². The standard InChI is InChI=1S/C32H39N5O2/c1-33-30-14-10-27(37-21-25-17-26(9-13-29(25)32(37)38)36-15-3-2-4-16-36)18-31(30)35-20-24-7-11-28(12-8-24)39-22-34-19-23-5-6-23/h7-14,17-18,23,33-35H,2-6,15-16,19-22H2,1H3. The fourth-order valence-corrected chi connectivity index (χ4v) is 5.55. The molecule has 1 saturated carbocycles. The van der Waals surface area contributed by atoms with Crippen molar-refractivity contribution in [2.45, 2.75) is 45.2 Å². The van der Waals surface area contributed by atoms with Crippen molar-refractivity contribution in [1.29, 1.82) is 0 Å². The Labute approximate surface area is 231 Å². The number of nitrogens with zero attached hydrogens (tertiary/aromatic N) is 2. The molecule has 3 aromatic rings. The highest BCUT2D eigenvalue weighted by Crippen LogP contribution is 2.35. The molecule has 6 rings (SSSR count). The van der Waals surface area contributed by atoms with Gasteiger partial charge in [0.25, 0.3) is 5.91 Å². The minimum atomic E-state index is 0.0700. The molecule has 7 heteroatoms. The Bertz CT molecular complexity index is 1300. The largest absolute Gasteiger partial charge is 0.478 e. The van der Waals surface area contributed by atoms with Crippen LogP contribution in [0.2, 0.25) is 0 Å². The molecule has 39 heavy (non-hydrogen) atoms. The average molecular weight is 526 g/mol. The first-order chi connectivity index (χ1) is 19.2. The van der Waals surface area contributed by atoms with Crippen molar-refractivity contribution in [2.24, 2.45) is 5.92 Å². The summed E-state index contributed by atoms with van der Waals surface area (Å²) in [5, 5.41) is 10.2. The van der Waals surface area contributed by atoms with Gasteiger partial charge in [-0.15, -0.1) is 0 Å². The van der Waals surface area contributed by atoms with Crippen LogP contribution in [-0.4, -0.2) is 39.3 Å². The predicted molar refractivity (Wildman–Crippen MR) is 159 cm³/mol. The van der Waals surface area contributed by atoms with Gasteiger partial charge in [-0.2, -0.15) is 0 Å². The second kappa shape index (κ2) is 11.6. The molecule has 0 spiro atoms. The quantitative estimate of drug-likeness (QED) is 0.216. The van der Waals surface area contributed by atoms with Gasteiger partial charge in [0, 0.05) is 50.2 Å². The lowest BCUT2D eigenvalue weighted by Gasteiger charge is -2.29. The van der Waals surface area contributed by atoms with Crippen LogP contribution < -0.4 is 30.5 Å². The van der Waals surface area contributed by atoms with Crippen LogP contribution in [0.3, 0.4) is 0 Å². The van der Waals surface area contributed by atoms with Gasteiger partial charge in [-0.05, 0) is 97.7 Å². The Morgan fingerprint density at radius 2 is 1.69 bits per heavy atom. The van der Waals surface area contributed by atoms with E-state index in [4.69, 9.17) is 4.74 Å². The fraction of sp³-hybridized carbons (Fsp3) is 0.406. The minimum Gasteiger partial charge on any atom is -0.478 e. The second-order valence-corrected chi connectivity index (χ2v) is 10.9. The van der Waals surface area contributed by atoms with Crippen LogP contribution in [0.4, 0.5) is 22.7 Å². The normalized spacial score (nSPS) is 16.8. The van der Waals surface area contributed by atoms with Gasteiger partial charge in [-0.1, -0.05) is 12.1 Å². The summed E-state index contributed by atoms with van der Waals surface area (Å²) in [6, 6.07) is 20.7. The van der Waals surface area contributed by atoms with Crippen molar-refractivity contribution in [3.8, 4) is 5.75 Å². The molecule has 7 nitrogen and oxygen atoms in total. The molecule has 2 heterocycles. The first kappa shape index (κ1) is 25.6. The Hall–Kier alpha value is -3.71. The van der Waals surface area contributed by atoms with Crippen molar-refractivity contribution < 1.29 is 9.53 Å². The number of nitrogens with one attached hydrogen (secondary N) is 3. The Kier molecular flexibility index (Phi) is 7.59. The Morgan fingerprint density at radius 1 is 0.897 bits per heavy atom.